The first-order valence-electron chi connectivity index (χ1n) is 7.22. The van der Waals surface area contributed by atoms with Crippen molar-refractivity contribution in [2.75, 3.05) is 12.4 Å². The molecule has 6 nitrogen and oxygen atoms in total. The average Bonchev–Trinajstić information content (AvgIpc) is 2.96. The molecular formula is C17H19NO5. The first-order valence-corrected chi connectivity index (χ1v) is 7.22. The van der Waals surface area contributed by atoms with Gasteiger partial charge in [-0.3, -0.25) is 4.79 Å². The van der Waals surface area contributed by atoms with Gasteiger partial charge in [-0.25, -0.2) is 4.79 Å². The van der Waals surface area contributed by atoms with Gasteiger partial charge < -0.3 is 19.6 Å². The van der Waals surface area contributed by atoms with Crippen LogP contribution in [0.4, 0.5) is 5.69 Å². The zero-order chi connectivity index (χ0) is 17.0. The molecule has 0 unspecified atom stereocenters. The summed E-state index contributed by atoms with van der Waals surface area (Å²) in [5.41, 5.74) is 1.17. The lowest BCUT2D eigenvalue weighted by molar-refractivity contribution is -0.116. The Morgan fingerprint density at radius 2 is 2.00 bits per heavy atom. The molecule has 1 aromatic heterocycles. The quantitative estimate of drug-likeness (QED) is 0.849. The Bertz CT molecular complexity index is 718. The maximum Gasteiger partial charge on any atom is 0.371 e. The van der Waals surface area contributed by atoms with Crippen LogP contribution in [0.25, 0.3) is 11.3 Å². The molecule has 6 heteroatoms. The SMILES string of the molecule is COc1ccc(-c2ccc(C(=O)O)o2)cc1NC(=O)CC(C)C. The van der Waals surface area contributed by atoms with Crippen molar-refractivity contribution in [3.8, 4) is 17.1 Å². The van der Waals surface area contributed by atoms with Gasteiger partial charge in [-0.1, -0.05) is 13.8 Å². The molecule has 2 rings (SSSR count). The molecule has 0 bridgehead atoms. The summed E-state index contributed by atoms with van der Waals surface area (Å²) in [7, 11) is 1.52. The van der Waals surface area contributed by atoms with Crippen LogP contribution in [0.3, 0.4) is 0 Å². The van der Waals surface area contributed by atoms with Crippen molar-refractivity contribution >= 4 is 17.6 Å². The Hall–Kier alpha value is -2.76. The van der Waals surface area contributed by atoms with Crippen molar-refractivity contribution in [3.63, 3.8) is 0 Å². The van der Waals surface area contributed by atoms with Gasteiger partial charge >= 0.3 is 5.97 Å². The number of ether oxygens (including phenoxy) is 1. The second-order valence-electron chi connectivity index (χ2n) is 5.53. The number of rotatable bonds is 6. The van der Waals surface area contributed by atoms with E-state index >= 15 is 0 Å². The van der Waals surface area contributed by atoms with E-state index in [9.17, 15) is 9.59 Å². The predicted octanol–water partition coefficient (Wildman–Crippen LogP) is 3.64. The van der Waals surface area contributed by atoms with Crippen LogP contribution in [-0.4, -0.2) is 24.1 Å². The molecule has 0 aliphatic heterocycles. The maximum absolute atomic E-state index is 12.0. The Morgan fingerprint density at radius 3 is 2.57 bits per heavy atom. The first kappa shape index (κ1) is 16.6. The molecule has 0 saturated heterocycles. The summed E-state index contributed by atoms with van der Waals surface area (Å²) in [6.07, 6.45) is 0.400. The molecule has 1 aromatic carbocycles. The summed E-state index contributed by atoms with van der Waals surface area (Å²) in [6.45, 7) is 3.92. The number of methoxy groups -OCH3 is 1. The van der Waals surface area contributed by atoms with Crippen LogP contribution in [0.15, 0.2) is 34.7 Å². The highest BCUT2D eigenvalue weighted by Gasteiger charge is 2.14. The van der Waals surface area contributed by atoms with Crippen LogP contribution in [0.1, 0.15) is 30.8 Å². The summed E-state index contributed by atoms with van der Waals surface area (Å²) in [5, 5.41) is 11.7. The lowest BCUT2D eigenvalue weighted by Crippen LogP contribution is -2.14. The van der Waals surface area contributed by atoms with Crippen molar-refractivity contribution < 1.29 is 23.8 Å². The van der Waals surface area contributed by atoms with Gasteiger partial charge in [0.05, 0.1) is 12.8 Å². The molecular weight excluding hydrogens is 298 g/mol. The zero-order valence-electron chi connectivity index (χ0n) is 13.3. The number of aromatic carboxylic acids is 1. The fourth-order valence-electron chi connectivity index (χ4n) is 2.14. The number of carbonyl (C=O) groups excluding carboxylic acids is 1. The van der Waals surface area contributed by atoms with Gasteiger partial charge in [0.1, 0.15) is 11.5 Å². The number of benzene rings is 1. The van der Waals surface area contributed by atoms with Gasteiger partial charge in [0.2, 0.25) is 11.7 Å². The van der Waals surface area contributed by atoms with E-state index in [0.717, 1.165) is 0 Å². The highest BCUT2D eigenvalue weighted by Crippen LogP contribution is 2.31. The molecule has 122 valence electrons. The summed E-state index contributed by atoms with van der Waals surface area (Å²) >= 11 is 0. The van der Waals surface area contributed by atoms with E-state index in [2.05, 4.69) is 5.32 Å². The molecule has 23 heavy (non-hydrogen) atoms. The largest absolute Gasteiger partial charge is 0.495 e. The number of hydrogen-bond donors (Lipinski definition) is 2. The molecule has 0 saturated carbocycles. The molecule has 0 radical (unpaired) electrons. The number of carboxylic acids is 1. The lowest BCUT2D eigenvalue weighted by atomic mass is 10.1. The Balaban J connectivity index is 2.30. The third-order valence-corrected chi connectivity index (χ3v) is 3.17. The van der Waals surface area contributed by atoms with E-state index in [0.29, 0.717) is 29.2 Å². The minimum Gasteiger partial charge on any atom is -0.495 e. The van der Waals surface area contributed by atoms with Gasteiger partial charge in [-0.05, 0) is 36.2 Å². The molecule has 0 spiro atoms. The smallest absolute Gasteiger partial charge is 0.371 e. The summed E-state index contributed by atoms with van der Waals surface area (Å²) < 4.78 is 10.5. The van der Waals surface area contributed by atoms with Crippen molar-refractivity contribution in [1.29, 1.82) is 0 Å². The summed E-state index contributed by atoms with van der Waals surface area (Å²) in [5.74, 6) is -0.204. The van der Waals surface area contributed by atoms with Gasteiger partial charge in [0.25, 0.3) is 0 Å². The van der Waals surface area contributed by atoms with Crippen LogP contribution in [0.2, 0.25) is 0 Å². The Morgan fingerprint density at radius 1 is 1.26 bits per heavy atom. The third kappa shape index (κ3) is 4.12. The molecule has 0 aliphatic rings. The average molecular weight is 317 g/mol. The van der Waals surface area contributed by atoms with E-state index in [-0.39, 0.29) is 17.6 Å². The fraction of sp³-hybridized carbons (Fsp3) is 0.294. The second-order valence-corrected chi connectivity index (χ2v) is 5.53. The Kier molecular flexibility index (Phi) is 5.05. The van der Waals surface area contributed by atoms with Crippen molar-refractivity contribution in [2.24, 2.45) is 5.92 Å². The van der Waals surface area contributed by atoms with Crippen LogP contribution in [-0.2, 0) is 4.79 Å². The normalized spacial score (nSPS) is 10.6. The number of carbonyl (C=O) groups is 2. The fourth-order valence-corrected chi connectivity index (χ4v) is 2.14. The van der Waals surface area contributed by atoms with Crippen molar-refractivity contribution in [2.45, 2.75) is 20.3 Å². The van der Waals surface area contributed by atoms with Crippen molar-refractivity contribution in [1.82, 2.24) is 0 Å². The lowest BCUT2D eigenvalue weighted by Gasteiger charge is -2.12. The highest BCUT2D eigenvalue weighted by atomic mass is 16.5. The monoisotopic (exact) mass is 317 g/mol. The number of furan rings is 1. The second kappa shape index (κ2) is 7.00. The minimum atomic E-state index is -1.13. The highest BCUT2D eigenvalue weighted by molar-refractivity contribution is 5.93. The standard InChI is InChI=1S/C17H19NO5/c1-10(2)8-16(19)18-12-9-11(4-5-14(12)22-3)13-6-7-15(23-13)17(20)21/h4-7,9-10H,8H2,1-3H3,(H,18,19)(H,20,21). The molecule has 0 fully saturated rings. The molecule has 0 atom stereocenters. The molecule has 2 N–H and O–H groups in total. The zero-order valence-corrected chi connectivity index (χ0v) is 13.3. The van der Waals surface area contributed by atoms with E-state index in [1.165, 1.54) is 13.2 Å². The van der Waals surface area contributed by atoms with Gasteiger partial charge in [0.15, 0.2) is 0 Å². The maximum atomic E-state index is 12.0. The Labute approximate surface area is 134 Å². The van der Waals surface area contributed by atoms with Crippen LogP contribution in [0, 0.1) is 5.92 Å². The molecule has 2 aromatic rings. The van der Waals surface area contributed by atoms with Gasteiger partial charge in [-0.15, -0.1) is 0 Å². The third-order valence-electron chi connectivity index (χ3n) is 3.17. The number of amides is 1. The van der Waals surface area contributed by atoms with Gasteiger partial charge in [-0.2, -0.15) is 0 Å². The summed E-state index contributed by atoms with van der Waals surface area (Å²) in [6, 6.07) is 8.09. The van der Waals surface area contributed by atoms with Crippen LogP contribution in [0.5, 0.6) is 5.75 Å². The predicted molar refractivity (Wildman–Crippen MR) is 85.7 cm³/mol. The number of nitrogens with one attached hydrogen (secondary N) is 1. The van der Waals surface area contributed by atoms with E-state index in [4.69, 9.17) is 14.3 Å². The van der Waals surface area contributed by atoms with Crippen LogP contribution < -0.4 is 10.1 Å². The number of carboxylic acid groups (broad SMARTS) is 1. The first-order chi connectivity index (χ1) is 10.9. The van der Waals surface area contributed by atoms with Gasteiger partial charge in [0, 0.05) is 12.0 Å². The number of hydrogen-bond acceptors (Lipinski definition) is 4. The van der Waals surface area contributed by atoms with E-state index in [1.54, 1.807) is 24.3 Å². The number of anilines is 1. The van der Waals surface area contributed by atoms with E-state index in [1.807, 2.05) is 13.8 Å². The molecule has 0 aliphatic carbocycles. The van der Waals surface area contributed by atoms with Crippen LogP contribution >= 0.6 is 0 Å². The summed E-state index contributed by atoms with van der Waals surface area (Å²) in [4.78, 5) is 22.9. The molecule has 1 heterocycles. The van der Waals surface area contributed by atoms with Crippen molar-refractivity contribution in [3.05, 3.63) is 36.1 Å². The molecule has 1 amide bonds. The minimum absolute atomic E-state index is 0.110. The topological polar surface area (TPSA) is 88.8 Å². The van der Waals surface area contributed by atoms with E-state index < -0.39 is 5.97 Å².